The van der Waals surface area contributed by atoms with Gasteiger partial charge in [-0.15, -0.1) is 0 Å². The molecule has 23 heavy (non-hydrogen) atoms. The minimum atomic E-state index is -0.768. The minimum Gasteiger partial charge on any atom is -0.462 e. The SMILES string of the molecule is CCOC(=O)c1c(-c2ccc[nH]2)[nH]c2cc(Cl)c(F)cc2c1=O. The van der Waals surface area contributed by atoms with E-state index in [1.54, 1.807) is 25.3 Å². The monoisotopic (exact) mass is 334 g/mol. The maximum atomic E-state index is 13.7. The van der Waals surface area contributed by atoms with Gasteiger partial charge in [-0.2, -0.15) is 0 Å². The zero-order chi connectivity index (χ0) is 16.6. The van der Waals surface area contributed by atoms with Crippen molar-refractivity contribution >= 4 is 28.5 Å². The molecule has 0 atom stereocenters. The molecule has 0 unspecified atom stereocenters. The van der Waals surface area contributed by atoms with Gasteiger partial charge < -0.3 is 14.7 Å². The maximum absolute atomic E-state index is 13.7. The molecule has 0 aliphatic rings. The Labute approximate surface area is 135 Å². The minimum absolute atomic E-state index is 0.0326. The number of pyridine rings is 1. The van der Waals surface area contributed by atoms with Crippen molar-refractivity contribution in [3.63, 3.8) is 0 Å². The summed E-state index contributed by atoms with van der Waals surface area (Å²) in [5.41, 5.74) is 0.348. The molecule has 3 rings (SSSR count). The van der Waals surface area contributed by atoms with Crippen LogP contribution in [0.1, 0.15) is 17.3 Å². The highest BCUT2D eigenvalue weighted by molar-refractivity contribution is 6.31. The van der Waals surface area contributed by atoms with Gasteiger partial charge in [0.15, 0.2) is 0 Å². The number of aromatic amines is 2. The first-order valence-corrected chi connectivity index (χ1v) is 7.26. The van der Waals surface area contributed by atoms with Crippen LogP contribution in [0.3, 0.4) is 0 Å². The molecule has 7 heteroatoms. The third kappa shape index (κ3) is 2.61. The van der Waals surface area contributed by atoms with Crippen LogP contribution in [0.15, 0.2) is 35.3 Å². The predicted molar refractivity (Wildman–Crippen MR) is 85.3 cm³/mol. The number of hydrogen-bond donors (Lipinski definition) is 2. The third-order valence-electron chi connectivity index (χ3n) is 3.39. The van der Waals surface area contributed by atoms with E-state index in [9.17, 15) is 14.0 Å². The number of rotatable bonds is 3. The molecule has 2 aromatic heterocycles. The number of fused-ring (bicyclic) bond motifs is 1. The normalized spacial score (nSPS) is 10.9. The molecule has 0 spiro atoms. The molecule has 2 N–H and O–H groups in total. The van der Waals surface area contributed by atoms with Crippen LogP contribution in [0.25, 0.3) is 22.3 Å². The van der Waals surface area contributed by atoms with E-state index in [1.807, 2.05) is 0 Å². The fraction of sp³-hybridized carbons (Fsp3) is 0.125. The number of aromatic nitrogens is 2. The number of benzene rings is 1. The largest absolute Gasteiger partial charge is 0.462 e. The van der Waals surface area contributed by atoms with E-state index in [0.29, 0.717) is 11.2 Å². The van der Waals surface area contributed by atoms with Gasteiger partial charge in [0.05, 0.1) is 28.5 Å². The molecule has 0 saturated heterocycles. The Kier molecular flexibility index (Phi) is 3.92. The summed E-state index contributed by atoms with van der Waals surface area (Å²) >= 11 is 5.77. The van der Waals surface area contributed by atoms with E-state index in [4.69, 9.17) is 16.3 Å². The Bertz CT molecular complexity index is 948. The highest BCUT2D eigenvalue weighted by Gasteiger charge is 2.22. The van der Waals surface area contributed by atoms with Gasteiger partial charge >= 0.3 is 5.97 Å². The zero-order valence-corrected chi connectivity index (χ0v) is 12.8. The molecule has 0 aliphatic carbocycles. The predicted octanol–water partition coefficient (Wildman–Crippen LogP) is 3.49. The molecule has 1 aromatic carbocycles. The number of nitrogens with one attached hydrogen (secondary N) is 2. The van der Waals surface area contributed by atoms with E-state index in [2.05, 4.69) is 9.97 Å². The summed E-state index contributed by atoms with van der Waals surface area (Å²) in [6, 6.07) is 5.75. The molecule has 118 valence electrons. The lowest BCUT2D eigenvalue weighted by atomic mass is 10.1. The number of hydrogen-bond acceptors (Lipinski definition) is 3. The summed E-state index contributed by atoms with van der Waals surface area (Å²) in [4.78, 5) is 30.8. The molecular formula is C16H12ClFN2O3. The van der Waals surface area contributed by atoms with Crippen molar-refractivity contribution in [2.45, 2.75) is 6.92 Å². The summed E-state index contributed by atoms with van der Waals surface area (Å²) in [5, 5.41) is -0.0836. The summed E-state index contributed by atoms with van der Waals surface area (Å²) in [6.45, 7) is 1.76. The number of carbonyl (C=O) groups excluding carboxylic acids is 1. The highest BCUT2D eigenvalue weighted by atomic mass is 35.5. The Morgan fingerprint density at radius 3 is 2.83 bits per heavy atom. The van der Waals surface area contributed by atoms with Crippen molar-refractivity contribution in [2.24, 2.45) is 0 Å². The van der Waals surface area contributed by atoms with Crippen LogP contribution in [-0.4, -0.2) is 22.5 Å². The van der Waals surface area contributed by atoms with Gasteiger partial charge in [0, 0.05) is 11.6 Å². The van der Waals surface area contributed by atoms with Gasteiger partial charge in [0.1, 0.15) is 11.4 Å². The van der Waals surface area contributed by atoms with Crippen LogP contribution < -0.4 is 5.43 Å². The van der Waals surface area contributed by atoms with Crippen molar-refractivity contribution in [3.8, 4) is 11.4 Å². The van der Waals surface area contributed by atoms with Gasteiger partial charge in [-0.05, 0) is 31.2 Å². The van der Waals surface area contributed by atoms with Crippen LogP contribution in [0.2, 0.25) is 5.02 Å². The lowest BCUT2D eigenvalue weighted by Crippen LogP contribution is -2.20. The fourth-order valence-electron chi connectivity index (χ4n) is 2.37. The van der Waals surface area contributed by atoms with Crippen molar-refractivity contribution in [2.75, 3.05) is 6.61 Å². The van der Waals surface area contributed by atoms with E-state index < -0.39 is 17.2 Å². The summed E-state index contributed by atoms with van der Waals surface area (Å²) in [5.74, 6) is -1.50. The quantitative estimate of drug-likeness (QED) is 0.720. The third-order valence-corrected chi connectivity index (χ3v) is 3.68. The topological polar surface area (TPSA) is 75.0 Å². The van der Waals surface area contributed by atoms with Crippen molar-refractivity contribution in [3.05, 3.63) is 57.1 Å². The molecule has 0 radical (unpaired) electrons. The lowest BCUT2D eigenvalue weighted by Gasteiger charge is -2.10. The average Bonchev–Trinajstić information content (AvgIpc) is 3.03. The number of esters is 1. The Balaban J connectivity index is 2.39. The van der Waals surface area contributed by atoms with Gasteiger partial charge in [-0.25, -0.2) is 9.18 Å². The van der Waals surface area contributed by atoms with E-state index >= 15 is 0 Å². The summed E-state index contributed by atoms with van der Waals surface area (Å²) in [6.07, 6.45) is 1.66. The van der Waals surface area contributed by atoms with E-state index in [1.165, 1.54) is 6.07 Å². The molecule has 0 saturated carbocycles. The molecule has 0 amide bonds. The van der Waals surface area contributed by atoms with Crippen LogP contribution >= 0.6 is 11.6 Å². The first kappa shape index (κ1) is 15.3. The van der Waals surface area contributed by atoms with E-state index in [0.717, 1.165) is 6.07 Å². The smallest absolute Gasteiger partial charge is 0.344 e. The van der Waals surface area contributed by atoms with Gasteiger partial charge in [0.2, 0.25) is 5.43 Å². The Morgan fingerprint density at radius 2 is 2.17 bits per heavy atom. The lowest BCUT2D eigenvalue weighted by molar-refractivity contribution is 0.0525. The fourth-order valence-corrected chi connectivity index (χ4v) is 2.53. The van der Waals surface area contributed by atoms with Crippen LogP contribution in [0.4, 0.5) is 4.39 Å². The number of carbonyl (C=O) groups is 1. The Hall–Kier alpha value is -2.60. The second kappa shape index (κ2) is 5.89. The number of halogens is 2. The standard InChI is InChI=1S/C16H12ClFN2O3/c1-2-23-16(22)13-14(11-4-3-5-19-11)20-12-7-9(17)10(18)6-8(12)15(13)21/h3-7,19H,2H2,1H3,(H,20,21). The Morgan fingerprint density at radius 1 is 1.39 bits per heavy atom. The molecule has 0 bridgehead atoms. The summed E-state index contributed by atoms with van der Waals surface area (Å²) in [7, 11) is 0. The first-order valence-electron chi connectivity index (χ1n) is 6.88. The molecular weight excluding hydrogens is 323 g/mol. The van der Waals surface area contributed by atoms with E-state index in [-0.39, 0.29) is 28.3 Å². The van der Waals surface area contributed by atoms with Crippen LogP contribution in [-0.2, 0) is 4.74 Å². The molecule has 0 aliphatic heterocycles. The molecule has 3 aromatic rings. The number of ether oxygens (including phenoxy) is 1. The second-order valence-electron chi connectivity index (χ2n) is 4.82. The van der Waals surface area contributed by atoms with Gasteiger partial charge in [-0.3, -0.25) is 4.79 Å². The number of H-pyrrole nitrogens is 2. The van der Waals surface area contributed by atoms with Crippen molar-refractivity contribution < 1.29 is 13.9 Å². The molecule has 5 nitrogen and oxygen atoms in total. The van der Waals surface area contributed by atoms with Crippen molar-refractivity contribution in [1.29, 1.82) is 0 Å². The average molecular weight is 335 g/mol. The second-order valence-corrected chi connectivity index (χ2v) is 5.23. The molecule has 2 heterocycles. The van der Waals surface area contributed by atoms with Gasteiger partial charge in [-0.1, -0.05) is 11.6 Å². The van der Waals surface area contributed by atoms with Crippen LogP contribution in [0.5, 0.6) is 0 Å². The highest BCUT2D eigenvalue weighted by Crippen LogP contribution is 2.25. The molecule has 0 fully saturated rings. The maximum Gasteiger partial charge on any atom is 0.344 e. The summed E-state index contributed by atoms with van der Waals surface area (Å²) < 4.78 is 18.6. The van der Waals surface area contributed by atoms with Crippen molar-refractivity contribution in [1.82, 2.24) is 9.97 Å². The zero-order valence-electron chi connectivity index (χ0n) is 12.1. The van der Waals surface area contributed by atoms with Crippen LogP contribution in [0, 0.1) is 5.82 Å². The first-order chi connectivity index (χ1) is 11.0. The van der Waals surface area contributed by atoms with Gasteiger partial charge in [0.25, 0.3) is 0 Å².